The Kier molecular flexibility index (Phi) is 5.49. The highest BCUT2D eigenvalue weighted by Gasteiger charge is 2.46. The van der Waals surface area contributed by atoms with Crippen molar-refractivity contribution in [3.8, 4) is 5.75 Å². The Balaban J connectivity index is 2.22. The van der Waals surface area contributed by atoms with Gasteiger partial charge in [0.1, 0.15) is 17.6 Å². The van der Waals surface area contributed by atoms with Gasteiger partial charge in [-0.05, 0) is 55.7 Å². The van der Waals surface area contributed by atoms with Crippen LogP contribution < -0.4 is 4.74 Å². The quantitative estimate of drug-likeness (QED) is 0.488. The molecule has 1 unspecified atom stereocenters. The number of methoxy groups -OCH3 is 1. The zero-order chi connectivity index (χ0) is 20.4. The molecule has 1 aromatic carbocycles. The summed E-state index contributed by atoms with van der Waals surface area (Å²) >= 11 is 0. The maximum atomic E-state index is 12.8. The second-order valence-electron chi connectivity index (χ2n) is 6.88. The number of likely N-dealkylation sites (tertiary alicyclic amines) is 1. The maximum absolute atomic E-state index is 12.8. The number of aromatic nitrogens is 1. The fourth-order valence-electron chi connectivity index (χ4n) is 3.61. The standard InChI is InChI=1S/C22H24N2O4/c1-5-10-24-19(16-8-6-7-9-23-16)18(21(26)22(24)27)20(25)15-11-14(3)17(28-4)12-13(15)2/h6-9,11-12,19,25H,5,10H2,1-4H3/b20-18+. The van der Waals surface area contributed by atoms with Crippen molar-refractivity contribution in [3.63, 3.8) is 0 Å². The molecule has 1 aliphatic heterocycles. The number of nitrogens with zero attached hydrogens (tertiary/aromatic N) is 2. The third-order valence-electron chi connectivity index (χ3n) is 4.97. The zero-order valence-electron chi connectivity index (χ0n) is 16.5. The number of amides is 1. The van der Waals surface area contributed by atoms with Crippen molar-refractivity contribution in [2.45, 2.75) is 33.2 Å². The van der Waals surface area contributed by atoms with Crippen LogP contribution in [0.1, 0.15) is 41.8 Å². The number of ketones is 1. The topological polar surface area (TPSA) is 79.7 Å². The lowest BCUT2D eigenvalue weighted by atomic mass is 9.95. The number of carbonyl (C=O) groups excluding carboxylic acids is 2. The minimum Gasteiger partial charge on any atom is -0.507 e. The Morgan fingerprint density at radius 2 is 1.96 bits per heavy atom. The number of pyridine rings is 1. The first-order chi connectivity index (χ1) is 13.4. The van der Waals surface area contributed by atoms with Crippen LogP contribution in [-0.2, 0) is 9.59 Å². The average molecular weight is 380 g/mol. The molecule has 0 spiro atoms. The predicted octanol–water partition coefficient (Wildman–Crippen LogP) is 3.54. The Labute approximate surface area is 164 Å². The molecule has 1 saturated heterocycles. The molecule has 28 heavy (non-hydrogen) atoms. The molecule has 0 aliphatic carbocycles. The van der Waals surface area contributed by atoms with Crippen molar-refractivity contribution in [1.29, 1.82) is 0 Å². The first-order valence-corrected chi connectivity index (χ1v) is 9.25. The summed E-state index contributed by atoms with van der Waals surface area (Å²) < 4.78 is 5.33. The van der Waals surface area contributed by atoms with E-state index in [1.165, 1.54) is 4.90 Å². The van der Waals surface area contributed by atoms with Crippen LogP contribution in [-0.4, -0.2) is 40.3 Å². The van der Waals surface area contributed by atoms with Crippen LogP contribution in [0.15, 0.2) is 42.1 Å². The van der Waals surface area contributed by atoms with Crippen molar-refractivity contribution in [1.82, 2.24) is 9.88 Å². The van der Waals surface area contributed by atoms with Gasteiger partial charge in [-0.15, -0.1) is 0 Å². The summed E-state index contributed by atoms with van der Waals surface area (Å²) in [4.78, 5) is 31.3. The molecule has 1 amide bonds. The van der Waals surface area contributed by atoms with E-state index in [4.69, 9.17) is 4.74 Å². The van der Waals surface area contributed by atoms with E-state index in [0.29, 0.717) is 30.0 Å². The molecule has 1 atom stereocenters. The summed E-state index contributed by atoms with van der Waals surface area (Å²) in [5, 5.41) is 11.1. The fraction of sp³-hybridized carbons (Fsp3) is 0.318. The van der Waals surface area contributed by atoms with Gasteiger partial charge in [0.05, 0.1) is 18.4 Å². The summed E-state index contributed by atoms with van der Waals surface area (Å²) in [6, 6.07) is 8.21. The van der Waals surface area contributed by atoms with Gasteiger partial charge >= 0.3 is 0 Å². The first kappa shape index (κ1) is 19.6. The van der Waals surface area contributed by atoms with Gasteiger partial charge in [0.15, 0.2) is 0 Å². The van der Waals surface area contributed by atoms with Crippen LogP contribution >= 0.6 is 0 Å². The van der Waals surface area contributed by atoms with Crippen molar-refractivity contribution in [3.05, 3.63) is 64.5 Å². The van der Waals surface area contributed by atoms with E-state index in [1.807, 2.05) is 26.8 Å². The van der Waals surface area contributed by atoms with Crippen LogP contribution in [0.5, 0.6) is 5.75 Å². The molecular weight excluding hydrogens is 356 g/mol. The van der Waals surface area contributed by atoms with Gasteiger partial charge in [0.25, 0.3) is 11.7 Å². The molecule has 0 saturated carbocycles. The van der Waals surface area contributed by atoms with Crippen LogP contribution in [0.25, 0.3) is 5.76 Å². The first-order valence-electron chi connectivity index (χ1n) is 9.25. The minimum atomic E-state index is -0.706. The molecule has 6 nitrogen and oxygen atoms in total. The van der Waals surface area contributed by atoms with E-state index in [-0.39, 0.29) is 11.3 Å². The zero-order valence-corrected chi connectivity index (χ0v) is 16.5. The van der Waals surface area contributed by atoms with Gasteiger partial charge < -0.3 is 14.7 Å². The molecule has 0 radical (unpaired) electrons. The summed E-state index contributed by atoms with van der Waals surface area (Å²) in [5.74, 6) is -0.783. The van der Waals surface area contributed by atoms with Crippen LogP contribution in [0.2, 0.25) is 0 Å². The van der Waals surface area contributed by atoms with Gasteiger partial charge in [-0.2, -0.15) is 0 Å². The van der Waals surface area contributed by atoms with E-state index >= 15 is 0 Å². The molecule has 1 N–H and O–H groups in total. The molecule has 1 aromatic heterocycles. The molecule has 3 rings (SSSR count). The molecule has 0 bridgehead atoms. The second-order valence-corrected chi connectivity index (χ2v) is 6.88. The molecular formula is C22H24N2O4. The third-order valence-corrected chi connectivity index (χ3v) is 4.97. The second kappa shape index (κ2) is 7.84. The highest BCUT2D eigenvalue weighted by molar-refractivity contribution is 6.46. The molecule has 6 heteroatoms. The summed E-state index contributed by atoms with van der Waals surface area (Å²) in [7, 11) is 1.58. The highest BCUT2D eigenvalue weighted by Crippen LogP contribution is 2.39. The van der Waals surface area contributed by atoms with E-state index in [1.54, 1.807) is 37.6 Å². The number of hydrogen-bond donors (Lipinski definition) is 1. The number of rotatable bonds is 5. The monoisotopic (exact) mass is 380 g/mol. The van der Waals surface area contributed by atoms with Gasteiger partial charge in [-0.1, -0.05) is 13.0 Å². The van der Waals surface area contributed by atoms with E-state index < -0.39 is 17.7 Å². The van der Waals surface area contributed by atoms with Crippen molar-refractivity contribution >= 4 is 17.4 Å². The number of carbonyl (C=O) groups is 2. The van der Waals surface area contributed by atoms with Gasteiger partial charge in [-0.3, -0.25) is 14.6 Å². The average Bonchev–Trinajstić information content (AvgIpc) is 2.95. The lowest BCUT2D eigenvalue weighted by Crippen LogP contribution is -2.30. The number of aryl methyl sites for hydroxylation is 2. The Bertz CT molecular complexity index is 951. The van der Waals surface area contributed by atoms with E-state index in [0.717, 1.165) is 11.1 Å². The number of hydrogen-bond acceptors (Lipinski definition) is 5. The SMILES string of the molecule is CCCN1C(=O)C(=O)/C(=C(/O)c2cc(C)c(OC)cc2C)C1c1ccccn1. The fourth-order valence-corrected chi connectivity index (χ4v) is 3.61. The summed E-state index contributed by atoms with van der Waals surface area (Å²) in [6.45, 7) is 6.03. The maximum Gasteiger partial charge on any atom is 0.295 e. The Hall–Kier alpha value is -3.15. The van der Waals surface area contributed by atoms with Crippen molar-refractivity contribution in [2.75, 3.05) is 13.7 Å². The van der Waals surface area contributed by atoms with Crippen molar-refractivity contribution in [2.24, 2.45) is 0 Å². The summed E-state index contributed by atoms with van der Waals surface area (Å²) in [5.41, 5.74) is 2.71. The molecule has 1 fully saturated rings. The normalized spacial score (nSPS) is 18.6. The Morgan fingerprint density at radius 3 is 2.57 bits per heavy atom. The van der Waals surface area contributed by atoms with Crippen molar-refractivity contribution < 1.29 is 19.4 Å². The minimum absolute atomic E-state index is 0.0739. The van der Waals surface area contributed by atoms with Crippen LogP contribution in [0, 0.1) is 13.8 Å². The lowest BCUT2D eigenvalue weighted by Gasteiger charge is -2.24. The van der Waals surface area contributed by atoms with Gasteiger partial charge in [0, 0.05) is 18.3 Å². The third kappa shape index (κ3) is 3.26. The summed E-state index contributed by atoms with van der Waals surface area (Å²) in [6.07, 6.45) is 2.31. The number of benzene rings is 1. The highest BCUT2D eigenvalue weighted by atomic mass is 16.5. The Morgan fingerprint density at radius 1 is 1.21 bits per heavy atom. The predicted molar refractivity (Wildman–Crippen MR) is 106 cm³/mol. The number of aliphatic hydroxyl groups is 1. The van der Waals surface area contributed by atoms with Crippen LogP contribution in [0.4, 0.5) is 0 Å². The largest absolute Gasteiger partial charge is 0.507 e. The molecule has 2 heterocycles. The smallest absolute Gasteiger partial charge is 0.295 e. The lowest BCUT2D eigenvalue weighted by molar-refractivity contribution is -0.139. The van der Waals surface area contributed by atoms with E-state index in [2.05, 4.69) is 4.98 Å². The number of aliphatic hydroxyl groups excluding tert-OH is 1. The molecule has 2 aromatic rings. The molecule has 146 valence electrons. The van der Waals surface area contributed by atoms with Crippen LogP contribution in [0.3, 0.4) is 0 Å². The number of Topliss-reactive ketones (excluding diaryl/α,β-unsaturated/α-hetero) is 1. The molecule has 1 aliphatic rings. The van der Waals surface area contributed by atoms with Gasteiger partial charge in [0.2, 0.25) is 0 Å². The number of ether oxygens (including phenoxy) is 1. The van der Waals surface area contributed by atoms with Gasteiger partial charge in [-0.25, -0.2) is 0 Å². The van der Waals surface area contributed by atoms with E-state index in [9.17, 15) is 14.7 Å².